The Kier molecular flexibility index (Phi) is 5.03. The number of benzene rings is 1. The average molecular weight is 459 g/mol. The zero-order chi connectivity index (χ0) is 15.6. The first-order valence-electron chi connectivity index (χ1n) is 6.51. The van der Waals surface area contributed by atoms with Crippen LogP contribution in [0.15, 0.2) is 41.0 Å². The highest BCUT2D eigenvalue weighted by Crippen LogP contribution is 2.23. The monoisotopic (exact) mass is 458 g/mol. The molecule has 110 valence electrons. The van der Waals surface area contributed by atoms with Crippen molar-refractivity contribution in [3.8, 4) is 11.3 Å². The lowest BCUT2D eigenvalue weighted by Gasteiger charge is -2.20. The zero-order valence-electron chi connectivity index (χ0n) is 12.1. The minimum absolute atomic E-state index is 0.0997. The number of halogens is 2. The Morgan fingerprint density at radius 2 is 1.81 bits per heavy atom. The maximum absolute atomic E-state index is 12.3. The molecule has 0 radical (unpaired) electrons. The van der Waals surface area contributed by atoms with Crippen LogP contribution < -0.4 is 5.32 Å². The summed E-state index contributed by atoms with van der Waals surface area (Å²) in [6, 6.07) is 11.6. The summed E-state index contributed by atoms with van der Waals surface area (Å²) >= 11 is 5.64. The minimum Gasteiger partial charge on any atom is -0.347 e. The fraction of sp³-hybridized carbons (Fsp3) is 0.250. The highest BCUT2D eigenvalue weighted by molar-refractivity contribution is 14.1. The lowest BCUT2D eigenvalue weighted by atomic mass is 10.1. The topological polar surface area (TPSA) is 42.0 Å². The van der Waals surface area contributed by atoms with Crippen molar-refractivity contribution in [3.63, 3.8) is 0 Å². The first-order chi connectivity index (χ1) is 9.74. The molecule has 0 bridgehead atoms. The summed E-state index contributed by atoms with van der Waals surface area (Å²) in [6.07, 6.45) is 0. The first kappa shape index (κ1) is 16.4. The second kappa shape index (κ2) is 6.44. The van der Waals surface area contributed by atoms with Crippen LogP contribution in [-0.2, 0) is 0 Å². The molecule has 0 aliphatic heterocycles. The number of amides is 1. The number of rotatable bonds is 2. The van der Waals surface area contributed by atoms with Crippen LogP contribution in [-0.4, -0.2) is 16.4 Å². The van der Waals surface area contributed by atoms with E-state index in [4.69, 9.17) is 0 Å². The summed E-state index contributed by atoms with van der Waals surface area (Å²) in [5.74, 6) is -0.0997. The number of hydrogen-bond acceptors (Lipinski definition) is 2. The van der Waals surface area contributed by atoms with E-state index in [1.54, 1.807) is 6.07 Å². The molecule has 3 nitrogen and oxygen atoms in total. The van der Waals surface area contributed by atoms with Crippen LogP contribution in [0.4, 0.5) is 0 Å². The van der Waals surface area contributed by atoms with E-state index in [0.717, 1.165) is 14.8 Å². The number of pyridine rings is 1. The normalized spacial score (nSPS) is 11.3. The van der Waals surface area contributed by atoms with E-state index >= 15 is 0 Å². The summed E-state index contributed by atoms with van der Waals surface area (Å²) in [5.41, 5.74) is 2.09. The van der Waals surface area contributed by atoms with Gasteiger partial charge in [-0.25, -0.2) is 4.98 Å². The SMILES string of the molecule is CC(C)(C)NC(=O)c1cc(Br)nc(-c2ccc(I)cc2)c1. The van der Waals surface area contributed by atoms with Crippen LogP contribution in [0.5, 0.6) is 0 Å². The number of carbonyl (C=O) groups excluding carboxylic acids is 1. The van der Waals surface area contributed by atoms with Crippen LogP contribution in [0.25, 0.3) is 11.3 Å². The van der Waals surface area contributed by atoms with Gasteiger partial charge in [-0.2, -0.15) is 0 Å². The molecular weight excluding hydrogens is 443 g/mol. The highest BCUT2D eigenvalue weighted by Gasteiger charge is 2.16. The highest BCUT2D eigenvalue weighted by atomic mass is 127. The molecule has 0 aliphatic rings. The maximum Gasteiger partial charge on any atom is 0.251 e. The van der Waals surface area contributed by atoms with Crippen LogP contribution in [0.3, 0.4) is 0 Å². The molecule has 1 aromatic heterocycles. The van der Waals surface area contributed by atoms with Gasteiger partial charge < -0.3 is 5.32 Å². The van der Waals surface area contributed by atoms with Gasteiger partial charge in [-0.3, -0.25) is 4.79 Å². The van der Waals surface area contributed by atoms with Gasteiger partial charge in [-0.05, 0) is 83.6 Å². The maximum atomic E-state index is 12.3. The second-order valence-electron chi connectivity index (χ2n) is 5.77. The predicted molar refractivity (Wildman–Crippen MR) is 97.3 cm³/mol. The Balaban J connectivity index is 2.37. The third-order valence-corrected chi connectivity index (χ3v) is 3.81. The number of nitrogens with one attached hydrogen (secondary N) is 1. The van der Waals surface area contributed by atoms with Crippen LogP contribution in [0, 0.1) is 3.57 Å². The smallest absolute Gasteiger partial charge is 0.251 e. The molecule has 0 saturated carbocycles. The molecule has 5 heteroatoms. The Labute approximate surface area is 146 Å². The van der Waals surface area contributed by atoms with Gasteiger partial charge in [0.15, 0.2) is 0 Å². The third-order valence-electron chi connectivity index (χ3n) is 2.68. The molecule has 1 aromatic carbocycles. The van der Waals surface area contributed by atoms with Gasteiger partial charge >= 0.3 is 0 Å². The first-order valence-corrected chi connectivity index (χ1v) is 8.38. The molecule has 0 fully saturated rings. The Morgan fingerprint density at radius 3 is 2.38 bits per heavy atom. The van der Waals surface area contributed by atoms with E-state index in [-0.39, 0.29) is 11.4 Å². The van der Waals surface area contributed by atoms with Crippen molar-refractivity contribution < 1.29 is 4.79 Å². The average Bonchev–Trinajstić information content (AvgIpc) is 2.36. The van der Waals surface area contributed by atoms with Crippen molar-refractivity contribution in [2.45, 2.75) is 26.3 Å². The molecule has 0 spiro atoms. The van der Waals surface area contributed by atoms with Gasteiger partial charge in [0.1, 0.15) is 4.60 Å². The summed E-state index contributed by atoms with van der Waals surface area (Å²) < 4.78 is 1.81. The number of carbonyl (C=O) groups is 1. The van der Waals surface area contributed by atoms with Gasteiger partial charge in [0.05, 0.1) is 5.69 Å². The van der Waals surface area contributed by atoms with Crippen molar-refractivity contribution in [2.75, 3.05) is 0 Å². The molecule has 21 heavy (non-hydrogen) atoms. The van der Waals surface area contributed by atoms with E-state index in [9.17, 15) is 4.79 Å². The van der Waals surface area contributed by atoms with Crippen LogP contribution in [0.1, 0.15) is 31.1 Å². The number of nitrogens with zero attached hydrogens (tertiary/aromatic N) is 1. The molecule has 2 rings (SSSR count). The Bertz CT molecular complexity index is 663. The van der Waals surface area contributed by atoms with Gasteiger partial charge in [-0.15, -0.1) is 0 Å². The molecule has 1 heterocycles. The van der Waals surface area contributed by atoms with Crippen molar-refractivity contribution >= 4 is 44.4 Å². The molecule has 0 saturated heterocycles. The van der Waals surface area contributed by atoms with Crippen molar-refractivity contribution in [2.24, 2.45) is 0 Å². The van der Waals surface area contributed by atoms with E-state index in [2.05, 4.69) is 48.8 Å². The standard InChI is InChI=1S/C16H16BrIN2O/c1-16(2,3)20-15(21)11-8-13(19-14(17)9-11)10-4-6-12(18)7-5-10/h4-9H,1-3H3,(H,20,21). The summed E-state index contributed by atoms with van der Waals surface area (Å²) in [5, 5.41) is 2.96. The van der Waals surface area contributed by atoms with Crippen molar-refractivity contribution in [1.82, 2.24) is 10.3 Å². The van der Waals surface area contributed by atoms with Crippen molar-refractivity contribution in [1.29, 1.82) is 0 Å². The molecule has 0 unspecified atom stereocenters. The molecule has 1 N–H and O–H groups in total. The Hall–Kier alpha value is -0.950. The molecular formula is C16H16BrIN2O. The molecule has 2 aromatic rings. The van der Waals surface area contributed by atoms with Crippen LogP contribution in [0.2, 0.25) is 0 Å². The van der Waals surface area contributed by atoms with E-state index in [0.29, 0.717) is 10.2 Å². The van der Waals surface area contributed by atoms with Gasteiger partial charge in [0.2, 0.25) is 0 Å². The number of hydrogen-bond donors (Lipinski definition) is 1. The summed E-state index contributed by atoms with van der Waals surface area (Å²) in [4.78, 5) is 16.7. The van der Waals surface area contributed by atoms with Crippen LogP contribution >= 0.6 is 38.5 Å². The zero-order valence-corrected chi connectivity index (χ0v) is 15.8. The summed E-state index contributed by atoms with van der Waals surface area (Å²) in [7, 11) is 0. The van der Waals surface area contributed by atoms with E-state index in [1.807, 2.05) is 51.1 Å². The fourth-order valence-electron chi connectivity index (χ4n) is 1.81. The van der Waals surface area contributed by atoms with Gasteiger partial charge in [-0.1, -0.05) is 12.1 Å². The largest absolute Gasteiger partial charge is 0.347 e. The second-order valence-corrected chi connectivity index (χ2v) is 7.83. The van der Waals surface area contributed by atoms with E-state index < -0.39 is 0 Å². The lowest BCUT2D eigenvalue weighted by Crippen LogP contribution is -2.40. The quantitative estimate of drug-likeness (QED) is 0.526. The van der Waals surface area contributed by atoms with Crippen molar-refractivity contribution in [3.05, 3.63) is 50.1 Å². The van der Waals surface area contributed by atoms with Gasteiger partial charge in [0, 0.05) is 20.2 Å². The molecule has 1 amide bonds. The summed E-state index contributed by atoms with van der Waals surface area (Å²) in [6.45, 7) is 5.88. The Morgan fingerprint density at radius 1 is 1.19 bits per heavy atom. The minimum atomic E-state index is -0.268. The lowest BCUT2D eigenvalue weighted by molar-refractivity contribution is 0.0919. The number of aromatic nitrogens is 1. The van der Waals surface area contributed by atoms with E-state index in [1.165, 1.54) is 0 Å². The third kappa shape index (κ3) is 4.78. The van der Waals surface area contributed by atoms with Gasteiger partial charge in [0.25, 0.3) is 5.91 Å². The molecule has 0 atom stereocenters. The molecule has 0 aliphatic carbocycles. The fourth-order valence-corrected chi connectivity index (χ4v) is 2.61. The predicted octanol–water partition coefficient (Wildman–Crippen LogP) is 4.64.